The second kappa shape index (κ2) is 3.67. The number of nitrogens with zero attached hydrogens (tertiary/aromatic N) is 1. The fourth-order valence-electron chi connectivity index (χ4n) is 0.657. The van der Waals surface area contributed by atoms with E-state index in [-0.39, 0.29) is 11.3 Å². The van der Waals surface area contributed by atoms with Crippen molar-refractivity contribution in [2.45, 2.75) is 25.8 Å². The highest BCUT2D eigenvalue weighted by molar-refractivity contribution is 5.89. The highest BCUT2D eigenvalue weighted by Gasteiger charge is 2.22. The summed E-state index contributed by atoms with van der Waals surface area (Å²) in [5.74, 6) is 0.101. The second-order valence-corrected chi connectivity index (χ2v) is 3.55. The van der Waals surface area contributed by atoms with Gasteiger partial charge in [-0.3, -0.25) is 4.79 Å². The molecule has 0 aromatic carbocycles. The first-order chi connectivity index (χ1) is 4.90. The number of allylic oxidation sites excluding steroid dienone is 1. The van der Waals surface area contributed by atoms with Crippen molar-refractivity contribution < 1.29 is 4.79 Å². The average Bonchev–Trinajstić information content (AvgIpc) is 1.86. The molecule has 0 N–H and O–H groups in total. The highest BCUT2D eigenvalue weighted by Crippen LogP contribution is 2.15. The van der Waals surface area contributed by atoms with E-state index in [0.717, 1.165) is 0 Å². The molecule has 64 valence electrons. The second-order valence-electron chi connectivity index (χ2n) is 3.55. The molecule has 0 radical (unpaired) electrons. The van der Waals surface area contributed by atoms with E-state index in [4.69, 9.17) is 0 Å². The molecular weight excluding hydrogens is 138 g/mol. The van der Waals surface area contributed by atoms with Crippen LogP contribution in [0.4, 0.5) is 0 Å². The highest BCUT2D eigenvalue weighted by atomic mass is 16.1. The Hall–Kier alpha value is -0.630. The summed E-state index contributed by atoms with van der Waals surface area (Å²) in [5.41, 5.74) is -0.0642. The monoisotopic (exact) mass is 155 g/mol. The van der Waals surface area contributed by atoms with Gasteiger partial charge in [0.1, 0.15) is 0 Å². The molecule has 11 heavy (non-hydrogen) atoms. The van der Waals surface area contributed by atoms with Gasteiger partial charge in [0.2, 0.25) is 0 Å². The van der Waals surface area contributed by atoms with Gasteiger partial charge in [-0.25, -0.2) is 0 Å². The van der Waals surface area contributed by atoms with Crippen LogP contribution in [0.3, 0.4) is 0 Å². The lowest BCUT2D eigenvalue weighted by molar-refractivity contribution is -0.116. The normalized spacial score (nSPS) is 11.7. The number of hydrogen-bond donors (Lipinski definition) is 0. The maximum atomic E-state index is 11.0. The average molecular weight is 155 g/mol. The Bertz CT molecular complexity index is 159. The first-order valence-corrected chi connectivity index (χ1v) is 3.73. The molecule has 0 spiro atoms. The third-order valence-electron chi connectivity index (χ3n) is 2.05. The first kappa shape index (κ1) is 10.4. The minimum absolute atomic E-state index is 0.0642. The lowest BCUT2D eigenvalue weighted by Crippen LogP contribution is -2.39. The molecule has 0 saturated carbocycles. The smallest absolute Gasteiger partial charge is 0.156 e. The number of carbonyl (C=O) groups is 1. The van der Waals surface area contributed by atoms with Gasteiger partial charge in [-0.2, -0.15) is 0 Å². The first-order valence-electron chi connectivity index (χ1n) is 3.73. The Balaban J connectivity index is 4.11. The van der Waals surface area contributed by atoms with Crippen molar-refractivity contribution in [3.05, 3.63) is 12.7 Å². The van der Waals surface area contributed by atoms with Gasteiger partial charge in [0, 0.05) is 12.0 Å². The number of ketones is 1. The van der Waals surface area contributed by atoms with Crippen LogP contribution in [0.1, 0.15) is 20.3 Å². The molecule has 0 aromatic heterocycles. The summed E-state index contributed by atoms with van der Waals surface area (Å²) in [6.45, 7) is 7.51. The van der Waals surface area contributed by atoms with E-state index in [1.54, 1.807) is 0 Å². The predicted octanol–water partition coefficient (Wildman–Crippen LogP) is 1.47. The topological polar surface area (TPSA) is 20.3 Å². The Morgan fingerprint density at radius 2 is 2.00 bits per heavy atom. The zero-order valence-electron chi connectivity index (χ0n) is 7.85. The lowest BCUT2D eigenvalue weighted by atomic mass is 9.96. The summed E-state index contributed by atoms with van der Waals surface area (Å²) in [5, 5.41) is 0. The zero-order valence-corrected chi connectivity index (χ0v) is 7.85. The van der Waals surface area contributed by atoms with Gasteiger partial charge in [-0.05, 0) is 34.0 Å². The fourth-order valence-corrected chi connectivity index (χ4v) is 0.657. The van der Waals surface area contributed by atoms with Crippen molar-refractivity contribution in [1.29, 1.82) is 0 Å². The van der Waals surface area contributed by atoms with Crippen LogP contribution in [0.2, 0.25) is 0 Å². The Morgan fingerprint density at radius 3 is 2.27 bits per heavy atom. The van der Waals surface area contributed by atoms with Gasteiger partial charge in [0.05, 0.1) is 0 Å². The molecule has 0 aliphatic rings. The van der Waals surface area contributed by atoms with Crippen molar-refractivity contribution in [1.82, 2.24) is 4.90 Å². The Labute approximate surface area is 68.9 Å². The molecule has 0 aliphatic carbocycles. The van der Waals surface area contributed by atoms with E-state index in [9.17, 15) is 4.79 Å². The number of hydrogen-bond acceptors (Lipinski definition) is 2. The molecule has 0 rings (SSSR count). The molecule has 0 amide bonds. The van der Waals surface area contributed by atoms with E-state index < -0.39 is 0 Å². The maximum Gasteiger partial charge on any atom is 0.156 e. The molecule has 0 fully saturated rings. The summed E-state index contributed by atoms with van der Waals surface area (Å²) in [7, 11) is 3.94. The van der Waals surface area contributed by atoms with E-state index in [2.05, 4.69) is 6.58 Å². The van der Waals surface area contributed by atoms with Crippen LogP contribution in [0.15, 0.2) is 12.7 Å². The molecule has 0 bridgehead atoms. The van der Waals surface area contributed by atoms with Crippen molar-refractivity contribution in [3.63, 3.8) is 0 Å². The molecule has 0 unspecified atom stereocenters. The standard InChI is InChI=1S/C9H17NO/c1-6-8(11)7-9(2,3)10(4)5/h6H,1,7H2,2-5H3. The van der Waals surface area contributed by atoms with Crippen molar-refractivity contribution in [3.8, 4) is 0 Å². The maximum absolute atomic E-state index is 11.0. The fraction of sp³-hybridized carbons (Fsp3) is 0.667. The number of carbonyl (C=O) groups excluding carboxylic acids is 1. The Morgan fingerprint density at radius 1 is 1.55 bits per heavy atom. The molecule has 2 heteroatoms. The predicted molar refractivity (Wildman–Crippen MR) is 47.6 cm³/mol. The Kier molecular flexibility index (Phi) is 3.46. The molecule has 0 atom stereocenters. The summed E-state index contributed by atoms with van der Waals surface area (Å²) in [6, 6.07) is 0. The third-order valence-corrected chi connectivity index (χ3v) is 2.05. The number of rotatable bonds is 4. The third kappa shape index (κ3) is 3.33. The quantitative estimate of drug-likeness (QED) is 0.573. The summed E-state index contributed by atoms with van der Waals surface area (Å²) >= 11 is 0. The van der Waals surface area contributed by atoms with Crippen LogP contribution in [0, 0.1) is 0 Å². The van der Waals surface area contributed by atoms with Crippen molar-refractivity contribution in [2.75, 3.05) is 14.1 Å². The molecule has 0 aliphatic heterocycles. The van der Waals surface area contributed by atoms with E-state index in [0.29, 0.717) is 6.42 Å². The summed E-state index contributed by atoms with van der Waals surface area (Å²) in [6.07, 6.45) is 1.91. The summed E-state index contributed by atoms with van der Waals surface area (Å²) < 4.78 is 0. The van der Waals surface area contributed by atoms with Gasteiger partial charge in [0.15, 0.2) is 5.78 Å². The molecule has 0 heterocycles. The van der Waals surface area contributed by atoms with Crippen LogP contribution in [0.5, 0.6) is 0 Å². The van der Waals surface area contributed by atoms with Gasteiger partial charge >= 0.3 is 0 Å². The van der Waals surface area contributed by atoms with E-state index >= 15 is 0 Å². The molecular formula is C9H17NO. The van der Waals surface area contributed by atoms with Gasteiger partial charge < -0.3 is 4.90 Å². The van der Waals surface area contributed by atoms with Gasteiger partial charge in [0.25, 0.3) is 0 Å². The van der Waals surface area contributed by atoms with Crippen LogP contribution in [-0.4, -0.2) is 30.3 Å². The lowest BCUT2D eigenvalue weighted by Gasteiger charge is -2.31. The van der Waals surface area contributed by atoms with Gasteiger partial charge in [-0.1, -0.05) is 6.58 Å². The van der Waals surface area contributed by atoms with E-state index in [1.165, 1.54) is 6.08 Å². The van der Waals surface area contributed by atoms with Gasteiger partial charge in [-0.15, -0.1) is 0 Å². The van der Waals surface area contributed by atoms with Crippen LogP contribution in [0.25, 0.3) is 0 Å². The minimum Gasteiger partial charge on any atom is -0.304 e. The molecule has 0 aromatic rings. The van der Waals surface area contributed by atoms with Crippen LogP contribution < -0.4 is 0 Å². The molecule has 2 nitrogen and oxygen atoms in total. The van der Waals surface area contributed by atoms with E-state index in [1.807, 2.05) is 32.8 Å². The molecule has 0 saturated heterocycles. The van der Waals surface area contributed by atoms with Crippen molar-refractivity contribution >= 4 is 5.78 Å². The van der Waals surface area contributed by atoms with Crippen LogP contribution in [-0.2, 0) is 4.79 Å². The van der Waals surface area contributed by atoms with Crippen LogP contribution >= 0.6 is 0 Å². The zero-order chi connectivity index (χ0) is 9.07. The van der Waals surface area contributed by atoms with Crippen molar-refractivity contribution in [2.24, 2.45) is 0 Å². The SMILES string of the molecule is C=CC(=O)CC(C)(C)N(C)C. The largest absolute Gasteiger partial charge is 0.304 e. The summed E-state index contributed by atoms with van der Waals surface area (Å²) in [4.78, 5) is 13.0. The minimum atomic E-state index is -0.0642.